The molecule has 1 saturated heterocycles. The lowest BCUT2D eigenvalue weighted by Gasteiger charge is -2.58. The zero-order valence-corrected chi connectivity index (χ0v) is 52.2. The first-order chi connectivity index (χ1) is 23.0. The van der Waals surface area contributed by atoms with Gasteiger partial charge in [0.05, 0.1) is 39.3 Å². The molecule has 0 radical (unpaired) electrons. The van der Waals surface area contributed by atoms with Crippen molar-refractivity contribution in [2.24, 2.45) is 16.7 Å². The lowest BCUT2D eigenvalue weighted by molar-refractivity contribution is -0.198. The minimum absolute atomic E-state index is 0.199. The Morgan fingerprint density at radius 3 is 1.92 bits per heavy atom. The van der Waals surface area contributed by atoms with Gasteiger partial charge in [0.15, 0.2) is 0 Å². The van der Waals surface area contributed by atoms with Gasteiger partial charge in [0, 0.05) is 31.2 Å². The molecule has 0 aromatic rings. The van der Waals surface area contributed by atoms with Gasteiger partial charge in [-0.15, -0.1) is 105 Å². The highest BCUT2D eigenvalue weighted by atomic mass is 33.3. The Labute approximate surface area is 342 Å². The highest BCUT2D eigenvalue weighted by Crippen LogP contribution is 3.21. The van der Waals surface area contributed by atoms with Crippen molar-refractivity contribution in [3.63, 3.8) is 0 Å². The van der Waals surface area contributed by atoms with E-state index in [2.05, 4.69) is 128 Å². The lowest BCUT2D eigenvalue weighted by Crippen LogP contribution is -2.66. The van der Waals surface area contributed by atoms with E-state index < -0.39 is 89.6 Å². The van der Waals surface area contributed by atoms with Crippen molar-refractivity contribution < 1.29 is 28.8 Å². The van der Waals surface area contributed by atoms with Crippen molar-refractivity contribution in [2.75, 3.05) is 0 Å². The fourth-order valence-corrected chi connectivity index (χ4v) is 203. The van der Waals surface area contributed by atoms with Crippen LogP contribution < -0.4 is 0 Å². The van der Waals surface area contributed by atoms with Gasteiger partial charge < -0.3 is 24.0 Å². The molecular weight excluding hydrogens is 1060 g/mol. The number of fused-ring (bicyclic) bond motifs is 3. The molecule has 24 atom stereocenters. The number of rotatable bonds is 16. The Hall–Kier alpha value is 8.68. The Kier molecular flexibility index (Phi) is 24.4. The summed E-state index contributed by atoms with van der Waals surface area (Å²) < 4.78 is 20.9. The Morgan fingerprint density at radius 2 is 1.46 bits per heavy atom. The van der Waals surface area contributed by atoms with Crippen LogP contribution in [0.5, 0.6) is 0 Å². The van der Waals surface area contributed by atoms with Gasteiger partial charge in [-0.2, -0.15) is 0 Å². The molecule has 2 fully saturated rings. The van der Waals surface area contributed by atoms with Crippen LogP contribution in [0.25, 0.3) is 0 Å². The highest BCUT2D eigenvalue weighted by molar-refractivity contribution is 9.25. The molecular formula is C21H55O6P23. The average Bonchev–Trinajstić information content (AvgIpc) is 3.23. The minimum atomic E-state index is -1.66. The van der Waals surface area contributed by atoms with Crippen LogP contribution in [0.4, 0.5) is 0 Å². The predicted octanol–water partition coefficient (Wildman–Crippen LogP) is 15.6. The summed E-state index contributed by atoms with van der Waals surface area (Å²) >= 11 is 0. The molecule has 29 heteroatoms. The Balaban J connectivity index is 2.31. The molecule has 0 spiro atoms. The van der Waals surface area contributed by atoms with Crippen molar-refractivity contribution in [1.29, 1.82) is 0 Å². The first-order valence-corrected chi connectivity index (χ1v) is 55.3. The van der Waals surface area contributed by atoms with Crippen LogP contribution >= 0.6 is 186 Å². The highest BCUT2D eigenvalue weighted by Gasteiger charge is 2.68. The van der Waals surface area contributed by atoms with Gasteiger partial charge in [0.1, 0.15) is 11.7 Å². The largest absolute Gasteiger partial charge is 0.461 e. The van der Waals surface area contributed by atoms with Crippen molar-refractivity contribution >= 4 is 192 Å². The zero-order chi connectivity index (χ0) is 38.3. The fourth-order valence-electron chi connectivity index (χ4n) is 7.21. The van der Waals surface area contributed by atoms with Crippen molar-refractivity contribution in [3.8, 4) is 0 Å². The normalized spacial score (nSPS) is 34.2. The van der Waals surface area contributed by atoms with Gasteiger partial charge in [-0.3, -0.25) is 4.79 Å². The molecule has 1 aliphatic heterocycles. The van der Waals surface area contributed by atoms with E-state index in [0.717, 1.165) is 11.1 Å². The summed E-state index contributed by atoms with van der Waals surface area (Å²) in [4.78, 5) is 13.9. The van der Waals surface area contributed by atoms with E-state index in [1.165, 1.54) is 0 Å². The fraction of sp³-hybridized carbons (Fsp3) is 0.762. The molecule has 1 saturated carbocycles. The topological polar surface area (TPSA) is 85.2 Å². The number of ether oxygens (including phenoxy) is 1. The number of hydrogen-bond donors (Lipinski definition) is 2. The zero-order valence-electron chi connectivity index (χ0n) is 28.4. The maximum absolute atomic E-state index is 13.9. The Bertz CT molecular complexity index is 1220. The van der Waals surface area contributed by atoms with Crippen molar-refractivity contribution in [1.82, 2.24) is 0 Å². The molecule has 3 rings (SSSR count). The third-order valence-electron chi connectivity index (χ3n) is 9.61. The lowest BCUT2D eigenvalue weighted by atomic mass is 9.51. The van der Waals surface area contributed by atoms with E-state index in [-0.39, 0.29) is 40.5 Å². The summed E-state index contributed by atoms with van der Waals surface area (Å²) in [5, 5.41) is 25.6. The van der Waals surface area contributed by atoms with Gasteiger partial charge in [-0.05, 0) is 79.3 Å². The summed E-state index contributed by atoms with van der Waals surface area (Å²) in [7, 11) is 35.7. The SMILES string of the molecule is C=CCC[C@@H]1OC(=O)[C@H]2[C@H](O)[C@]3(O)C[C@H](OP(P)P(P(P)P)P(P(P)P)P(P)P)C(C)=C([C@H](OP(P(P)P)P(PP)P(P)P)C[C@]12C)C3(C)C. The molecule has 0 aromatic carbocycles. The number of carbonyl (C=O) groups is 1. The van der Waals surface area contributed by atoms with E-state index in [1.807, 2.05) is 19.9 Å². The number of cyclic esters (lactones) is 1. The van der Waals surface area contributed by atoms with Crippen LogP contribution in [0.1, 0.15) is 53.4 Å². The third-order valence-corrected chi connectivity index (χ3v) is 131. The molecule has 2 bridgehead atoms. The molecule has 17 unspecified atom stereocenters. The van der Waals surface area contributed by atoms with Crippen LogP contribution in [-0.4, -0.2) is 46.2 Å². The molecule has 1 heterocycles. The van der Waals surface area contributed by atoms with Gasteiger partial charge in [0.25, 0.3) is 0 Å². The summed E-state index contributed by atoms with van der Waals surface area (Å²) in [5.74, 6) is -1.33. The molecule has 3 aliphatic rings. The maximum Gasteiger partial charge on any atom is 0.312 e. The van der Waals surface area contributed by atoms with Gasteiger partial charge in [-0.25, -0.2) is 0 Å². The van der Waals surface area contributed by atoms with Crippen LogP contribution in [0, 0.1) is 16.7 Å². The number of carbonyl (C=O) groups excluding carboxylic acids is 1. The number of hydrogen-bond acceptors (Lipinski definition) is 6. The van der Waals surface area contributed by atoms with Crippen molar-refractivity contribution in [2.45, 2.75) is 83.4 Å². The number of aliphatic hydroxyl groups is 2. The predicted molar refractivity (Wildman–Crippen MR) is 291 cm³/mol. The number of aliphatic hydroxyl groups excluding tert-OH is 1. The van der Waals surface area contributed by atoms with Crippen LogP contribution in [0.15, 0.2) is 23.8 Å². The second kappa shape index (κ2) is 23.0. The van der Waals surface area contributed by atoms with E-state index in [9.17, 15) is 15.0 Å². The van der Waals surface area contributed by atoms with Gasteiger partial charge in [-0.1, -0.05) is 43.7 Å². The van der Waals surface area contributed by atoms with E-state index in [1.54, 1.807) is 0 Å². The minimum Gasteiger partial charge on any atom is -0.461 e. The summed E-state index contributed by atoms with van der Waals surface area (Å²) in [6.45, 7) is 9.04. The summed E-state index contributed by atoms with van der Waals surface area (Å²) in [6, 6.07) is 0. The summed E-state index contributed by atoms with van der Waals surface area (Å²) in [5.41, 5.74) is -1.20. The number of esters is 1. The van der Waals surface area contributed by atoms with E-state index in [0.29, 0.717) is 27.2 Å². The molecule has 50 heavy (non-hydrogen) atoms. The molecule has 0 amide bonds. The first-order valence-electron chi connectivity index (χ1n) is 15.0. The molecule has 290 valence electrons. The smallest absolute Gasteiger partial charge is 0.312 e. The second-order valence-corrected chi connectivity index (χ2v) is 95.7. The van der Waals surface area contributed by atoms with Gasteiger partial charge >= 0.3 is 5.97 Å². The Morgan fingerprint density at radius 1 is 0.900 bits per heavy atom. The molecule has 6 nitrogen and oxygen atoms in total. The third kappa shape index (κ3) is 11.9. The standard InChI is InChI=1S/C21H55O6P23/c1-6-7-8-14-20(5)9-13(27-42(43(30)31)48(40-28)44(32)33)15-11(2)12(26-41(29)49(45(34)35)50(46(36)37)47(38)39)10-21(24,19(15,3)4)17(22)16(20)18(23)25-14/h6,12-14,16-17,22,24,40H,1,7-10,28-39H2,2-5H3/t12-,13+,14-,16+,17-,20+,21+,41?,42?,48?,49?/m0/s1. The number of allylic oxidation sites excluding steroid dienone is 1. The van der Waals surface area contributed by atoms with Crippen molar-refractivity contribution in [3.05, 3.63) is 23.8 Å². The molecule has 2 aliphatic carbocycles. The average molecular weight is 1120 g/mol. The maximum atomic E-state index is 13.9. The van der Waals surface area contributed by atoms with E-state index >= 15 is 0 Å². The van der Waals surface area contributed by atoms with Crippen LogP contribution in [-0.2, 0) is 18.6 Å². The van der Waals surface area contributed by atoms with E-state index in [4.69, 9.17) is 13.8 Å². The van der Waals surface area contributed by atoms with Crippen LogP contribution in [0.3, 0.4) is 0 Å². The second-order valence-electron chi connectivity index (χ2n) is 12.9. The quantitative estimate of drug-likeness (QED) is 0.0910. The molecule has 2 N–H and O–H groups in total. The molecule has 0 aromatic heterocycles. The first kappa shape index (κ1) is 53.0. The monoisotopic (exact) mass is 1120 g/mol. The van der Waals surface area contributed by atoms with Crippen LogP contribution in [0.2, 0.25) is 0 Å². The summed E-state index contributed by atoms with van der Waals surface area (Å²) in [6.07, 6.45) is 1.30. The van der Waals surface area contributed by atoms with Gasteiger partial charge in [0.2, 0.25) is 0 Å².